The van der Waals surface area contributed by atoms with Gasteiger partial charge in [0, 0.05) is 17.8 Å². The molecule has 1 heterocycles. The summed E-state index contributed by atoms with van der Waals surface area (Å²) in [4.78, 5) is 4.38. The fraction of sp³-hybridized carbons (Fsp3) is 0.438. The highest BCUT2D eigenvalue weighted by atomic mass is 15.2. The highest BCUT2D eigenvalue weighted by Gasteiger charge is 2.32. The van der Waals surface area contributed by atoms with Crippen molar-refractivity contribution in [3.63, 3.8) is 0 Å². The molecular formula is C16H21N3. The van der Waals surface area contributed by atoms with Crippen LogP contribution in [0.15, 0.2) is 36.7 Å². The Morgan fingerprint density at radius 3 is 2.84 bits per heavy atom. The number of benzene rings is 1. The van der Waals surface area contributed by atoms with E-state index in [1.54, 1.807) is 0 Å². The Morgan fingerprint density at radius 2 is 2.11 bits per heavy atom. The van der Waals surface area contributed by atoms with Gasteiger partial charge in [0.1, 0.15) is 0 Å². The van der Waals surface area contributed by atoms with E-state index in [1.165, 1.54) is 35.6 Å². The number of hydrogen-bond acceptors (Lipinski definition) is 3. The third-order valence-electron chi connectivity index (χ3n) is 4.57. The average Bonchev–Trinajstić information content (AvgIpc) is 2.86. The second kappa shape index (κ2) is 5.27. The van der Waals surface area contributed by atoms with Gasteiger partial charge in [-0.2, -0.15) is 0 Å². The molecule has 0 aliphatic heterocycles. The van der Waals surface area contributed by atoms with Crippen LogP contribution in [-0.2, 0) is 0 Å². The number of hydrogen-bond donors (Lipinski definition) is 2. The molecule has 1 aromatic heterocycles. The van der Waals surface area contributed by atoms with Gasteiger partial charge >= 0.3 is 0 Å². The van der Waals surface area contributed by atoms with E-state index in [4.69, 9.17) is 5.84 Å². The van der Waals surface area contributed by atoms with Gasteiger partial charge in [-0.15, -0.1) is 0 Å². The molecule has 100 valence electrons. The molecule has 1 fully saturated rings. The van der Waals surface area contributed by atoms with Gasteiger partial charge in [0.05, 0.1) is 6.04 Å². The number of nitrogens with zero attached hydrogens (tertiary/aromatic N) is 1. The molecule has 3 nitrogen and oxygen atoms in total. The molecule has 1 aromatic carbocycles. The third-order valence-corrected chi connectivity index (χ3v) is 4.57. The lowest BCUT2D eigenvalue weighted by atomic mass is 9.85. The Balaban J connectivity index is 2.06. The molecule has 0 saturated heterocycles. The van der Waals surface area contributed by atoms with Gasteiger partial charge in [-0.3, -0.25) is 16.3 Å². The van der Waals surface area contributed by atoms with Crippen molar-refractivity contribution in [2.45, 2.75) is 32.2 Å². The van der Waals surface area contributed by atoms with Crippen LogP contribution in [0.25, 0.3) is 10.8 Å². The lowest BCUT2D eigenvalue weighted by Gasteiger charge is -2.27. The van der Waals surface area contributed by atoms with E-state index in [1.807, 2.05) is 12.4 Å². The molecule has 3 heteroatoms. The van der Waals surface area contributed by atoms with Crippen molar-refractivity contribution < 1.29 is 0 Å². The number of pyridine rings is 1. The minimum absolute atomic E-state index is 0.205. The number of hydrazine groups is 1. The Kier molecular flexibility index (Phi) is 3.49. The second-order valence-corrected chi connectivity index (χ2v) is 5.67. The molecule has 2 aromatic rings. The molecule has 3 N–H and O–H groups in total. The summed E-state index contributed by atoms with van der Waals surface area (Å²) >= 11 is 0. The van der Waals surface area contributed by atoms with E-state index in [9.17, 15) is 0 Å². The van der Waals surface area contributed by atoms with Crippen molar-refractivity contribution in [1.29, 1.82) is 0 Å². The average molecular weight is 255 g/mol. The Labute approximate surface area is 114 Å². The van der Waals surface area contributed by atoms with Crippen LogP contribution in [0.3, 0.4) is 0 Å². The molecule has 0 bridgehead atoms. The lowest BCUT2D eigenvalue weighted by molar-refractivity contribution is 0.305. The van der Waals surface area contributed by atoms with Gasteiger partial charge in [-0.25, -0.2) is 0 Å². The Hall–Kier alpha value is -1.45. The van der Waals surface area contributed by atoms with Crippen LogP contribution in [-0.4, -0.2) is 4.98 Å². The highest BCUT2D eigenvalue weighted by Crippen LogP contribution is 2.41. The van der Waals surface area contributed by atoms with Gasteiger partial charge in [0.25, 0.3) is 0 Å². The van der Waals surface area contributed by atoms with Crippen LogP contribution in [0.2, 0.25) is 0 Å². The molecule has 0 amide bonds. The minimum atomic E-state index is 0.205. The summed E-state index contributed by atoms with van der Waals surface area (Å²) in [6.07, 6.45) is 7.75. The minimum Gasteiger partial charge on any atom is -0.271 e. The monoisotopic (exact) mass is 255 g/mol. The zero-order valence-corrected chi connectivity index (χ0v) is 11.3. The first-order valence-corrected chi connectivity index (χ1v) is 7.10. The van der Waals surface area contributed by atoms with Gasteiger partial charge in [-0.05, 0) is 29.2 Å². The molecule has 1 aliphatic carbocycles. The summed E-state index contributed by atoms with van der Waals surface area (Å²) in [7, 11) is 0. The van der Waals surface area contributed by atoms with E-state index >= 15 is 0 Å². The number of rotatable bonds is 3. The van der Waals surface area contributed by atoms with Crippen molar-refractivity contribution in [3.05, 3.63) is 42.2 Å². The zero-order chi connectivity index (χ0) is 13.2. The van der Waals surface area contributed by atoms with Crippen molar-refractivity contribution in [2.75, 3.05) is 0 Å². The molecule has 3 rings (SSSR count). The second-order valence-electron chi connectivity index (χ2n) is 5.67. The van der Waals surface area contributed by atoms with E-state index in [-0.39, 0.29) is 6.04 Å². The number of nitrogens with one attached hydrogen (secondary N) is 1. The molecule has 3 atom stereocenters. The maximum atomic E-state index is 5.86. The third kappa shape index (κ3) is 2.24. The molecule has 19 heavy (non-hydrogen) atoms. The van der Waals surface area contributed by atoms with E-state index < -0.39 is 0 Å². The summed E-state index contributed by atoms with van der Waals surface area (Å²) < 4.78 is 0. The fourth-order valence-electron chi connectivity index (χ4n) is 3.50. The predicted octanol–water partition coefficient (Wildman–Crippen LogP) is 3.18. The molecule has 0 spiro atoms. The van der Waals surface area contributed by atoms with Crippen LogP contribution in [0.4, 0.5) is 0 Å². The first kappa shape index (κ1) is 12.6. The number of aromatic nitrogens is 1. The van der Waals surface area contributed by atoms with Crippen LogP contribution >= 0.6 is 0 Å². The predicted molar refractivity (Wildman–Crippen MR) is 78.3 cm³/mol. The molecule has 1 saturated carbocycles. The maximum absolute atomic E-state index is 5.86. The Bertz CT molecular complexity index is 561. The van der Waals surface area contributed by atoms with Gasteiger partial charge in [0.15, 0.2) is 0 Å². The van der Waals surface area contributed by atoms with Gasteiger partial charge < -0.3 is 0 Å². The normalized spacial score (nSPS) is 24.7. The van der Waals surface area contributed by atoms with E-state index in [2.05, 4.69) is 41.6 Å². The molecular weight excluding hydrogens is 234 g/mol. The number of fused-ring (bicyclic) bond motifs is 1. The summed E-state index contributed by atoms with van der Waals surface area (Å²) in [6.45, 7) is 2.33. The summed E-state index contributed by atoms with van der Waals surface area (Å²) in [6, 6.07) is 8.61. The van der Waals surface area contributed by atoms with Crippen molar-refractivity contribution in [3.8, 4) is 0 Å². The van der Waals surface area contributed by atoms with Crippen molar-refractivity contribution in [1.82, 2.24) is 10.4 Å². The first-order chi connectivity index (χ1) is 9.31. The molecule has 1 aliphatic rings. The van der Waals surface area contributed by atoms with Crippen molar-refractivity contribution >= 4 is 10.8 Å². The number of nitrogens with two attached hydrogens (primary N) is 1. The maximum Gasteiger partial charge on any atom is 0.0512 e. The zero-order valence-electron chi connectivity index (χ0n) is 11.3. The highest BCUT2D eigenvalue weighted by molar-refractivity contribution is 5.85. The molecule has 3 unspecified atom stereocenters. The smallest absolute Gasteiger partial charge is 0.0512 e. The fourth-order valence-corrected chi connectivity index (χ4v) is 3.50. The van der Waals surface area contributed by atoms with E-state index in [0.29, 0.717) is 5.92 Å². The standard InChI is InChI=1S/C16H21N3/c1-11-5-4-8-13(11)16(19-17)15-10-18-9-12-6-2-3-7-14(12)15/h2-3,6-7,9-11,13,16,19H,4-5,8,17H2,1H3. The van der Waals surface area contributed by atoms with E-state index in [0.717, 1.165) is 5.92 Å². The van der Waals surface area contributed by atoms with Gasteiger partial charge in [0.2, 0.25) is 0 Å². The summed E-state index contributed by atoms with van der Waals surface area (Å²) in [5.41, 5.74) is 4.28. The SMILES string of the molecule is CC1CCCC1C(NN)c1cncc2ccccc12. The largest absolute Gasteiger partial charge is 0.271 e. The summed E-state index contributed by atoms with van der Waals surface area (Å²) in [5.74, 6) is 7.19. The topological polar surface area (TPSA) is 50.9 Å². The first-order valence-electron chi connectivity index (χ1n) is 7.10. The summed E-state index contributed by atoms with van der Waals surface area (Å²) in [5, 5.41) is 2.45. The van der Waals surface area contributed by atoms with Crippen LogP contribution in [0, 0.1) is 11.8 Å². The van der Waals surface area contributed by atoms with Gasteiger partial charge in [-0.1, -0.05) is 44.0 Å². The van der Waals surface area contributed by atoms with Crippen LogP contribution in [0.5, 0.6) is 0 Å². The lowest BCUT2D eigenvalue weighted by Crippen LogP contribution is -2.34. The Morgan fingerprint density at radius 1 is 1.26 bits per heavy atom. The molecule has 0 radical (unpaired) electrons. The quantitative estimate of drug-likeness (QED) is 0.654. The van der Waals surface area contributed by atoms with Crippen molar-refractivity contribution in [2.24, 2.45) is 17.7 Å². The van der Waals surface area contributed by atoms with Crippen LogP contribution in [0.1, 0.15) is 37.8 Å². The van der Waals surface area contributed by atoms with Crippen LogP contribution < -0.4 is 11.3 Å².